The topological polar surface area (TPSA) is 66.4 Å². The van der Waals surface area contributed by atoms with Crippen molar-refractivity contribution >= 4 is 17.6 Å². The number of amides is 1. The van der Waals surface area contributed by atoms with Crippen molar-refractivity contribution < 1.29 is 23.5 Å². The maximum absolute atomic E-state index is 14.5. The van der Waals surface area contributed by atoms with Gasteiger partial charge in [-0.05, 0) is 73.4 Å². The summed E-state index contributed by atoms with van der Waals surface area (Å²) in [5.74, 6) is -2.43. The molecule has 2 saturated carbocycles. The van der Waals surface area contributed by atoms with Crippen LogP contribution in [-0.4, -0.2) is 17.0 Å². The number of halogens is 2. The van der Waals surface area contributed by atoms with Crippen molar-refractivity contribution in [2.45, 2.75) is 50.9 Å². The van der Waals surface area contributed by atoms with Gasteiger partial charge >= 0.3 is 5.97 Å². The molecule has 2 aromatic rings. The van der Waals surface area contributed by atoms with Crippen molar-refractivity contribution in [3.05, 3.63) is 65.2 Å². The van der Waals surface area contributed by atoms with Crippen LogP contribution in [0.2, 0.25) is 0 Å². The van der Waals surface area contributed by atoms with Gasteiger partial charge in [0.2, 0.25) is 5.91 Å². The Balaban J connectivity index is 1.56. The van der Waals surface area contributed by atoms with Crippen molar-refractivity contribution in [1.29, 1.82) is 0 Å². The Hall–Kier alpha value is -2.76. The number of nitrogens with one attached hydrogen (secondary N) is 1. The van der Waals surface area contributed by atoms with E-state index in [1.807, 2.05) is 0 Å². The van der Waals surface area contributed by atoms with Gasteiger partial charge in [-0.3, -0.25) is 9.59 Å². The van der Waals surface area contributed by atoms with Crippen LogP contribution in [0.15, 0.2) is 42.5 Å². The SMILES string of the molecule is O=C(Nc1cc(CC2(C(=O)O)CC2)ccc1F)C(c1ccc(F)cc1)C1CCCC1. The van der Waals surface area contributed by atoms with E-state index in [2.05, 4.69) is 5.32 Å². The molecule has 2 N–H and O–H groups in total. The van der Waals surface area contributed by atoms with E-state index >= 15 is 0 Å². The third-order valence-electron chi connectivity index (χ3n) is 6.52. The van der Waals surface area contributed by atoms with Gasteiger partial charge in [0.05, 0.1) is 17.0 Å². The van der Waals surface area contributed by atoms with Crippen LogP contribution in [-0.2, 0) is 16.0 Å². The second-order valence-electron chi connectivity index (χ2n) is 8.64. The second-order valence-corrected chi connectivity index (χ2v) is 8.64. The minimum atomic E-state index is -0.838. The summed E-state index contributed by atoms with van der Waals surface area (Å²) in [4.78, 5) is 24.7. The van der Waals surface area contributed by atoms with E-state index in [1.165, 1.54) is 24.3 Å². The number of carboxylic acids is 1. The molecule has 0 radical (unpaired) electrons. The van der Waals surface area contributed by atoms with E-state index in [1.54, 1.807) is 18.2 Å². The number of hydrogen-bond acceptors (Lipinski definition) is 2. The molecule has 6 heteroatoms. The first-order valence-electron chi connectivity index (χ1n) is 10.5. The second kappa shape index (κ2) is 8.17. The summed E-state index contributed by atoms with van der Waals surface area (Å²) >= 11 is 0. The number of carboxylic acid groups (broad SMARTS) is 1. The summed E-state index contributed by atoms with van der Waals surface area (Å²) in [6.45, 7) is 0. The number of hydrogen-bond donors (Lipinski definition) is 2. The van der Waals surface area contributed by atoms with Crippen LogP contribution < -0.4 is 5.32 Å². The smallest absolute Gasteiger partial charge is 0.309 e. The average Bonchev–Trinajstić information content (AvgIpc) is 3.31. The predicted molar refractivity (Wildman–Crippen MR) is 109 cm³/mol. The molecular formula is C24H25F2NO3. The lowest BCUT2D eigenvalue weighted by atomic mass is 9.84. The van der Waals surface area contributed by atoms with Gasteiger partial charge in [0, 0.05) is 0 Å². The van der Waals surface area contributed by atoms with Gasteiger partial charge in [0.25, 0.3) is 0 Å². The van der Waals surface area contributed by atoms with Crippen LogP contribution in [0.1, 0.15) is 55.6 Å². The molecule has 0 bridgehead atoms. The number of rotatable bonds is 7. The van der Waals surface area contributed by atoms with Gasteiger partial charge in [-0.25, -0.2) is 8.78 Å². The Labute approximate surface area is 174 Å². The van der Waals surface area contributed by atoms with Gasteiger partial charge in [0.15, 0.2) is 0 Å². The van der Waals surface area contributed by atoms with E-state index in [-0.39, 0.29) is 23.3 Å². The van der Waals surface area contributed by atoms with Gasteiger partial charge in [0.1, 0.15) is 11.6 Å². The first-order valence-corrected chi connectivity index (χ1v) is 10.5. The summed E-state index contributed by atoms with van der Waals surface area (Å²) in [7, 11) is 0. The maximum Gasteiger partial charge on any atom is 0.309 e. The van der Waals surface area contributed by atoms with E-state index in [4.69, 9.17) is 0 Å². The van der Waals surface area contributed by atoms with E-state index in [0.717, 1.165) is 31.2 Å². The molecule has 2 aliphatic rings. The van der Waals surface area contributed by atoms with Gasteiger partial charge < -0.3 is 10.4 Å². The van der Waals surface area contributed by atoms with Crippen molar-refractivity contribution in [1.82, 2.24) is 0 Å². The van der Waals surface area contributed by atoms with Gasteiger partial charge in [-0.1, -0.05) is 31.0 Å². The maximum atomic E-state index is 14.5. The highest BCUT2D eigenvalue weighted by atomic mass is 19.1. The van der Waals surface area contributed by atoms with E-state index in [0.29, 0.717) is 24.8 Å². The minimum absolute atomic E-state index is 0.0591. The molecule has 1 unspecified atom stereocenters. The first-order chi connectivity index (χ1) is 14.4. The van der Waals surface area contributed by atoms with Crippen LogP contribution in [0.5, 0.6) is 0 Å². The summed E-state index contributed by atoms with van der Waals surface area (Å²) < 4.78 is 27.8. The lowest BCUT2D eigenvalue weighted by molar-refractivity contribution is -0.143. The largest absolute Gasteiger partial charge is 0.481 e. The monoisotopic (exact) mass is 413 g/mol. The number of anilines is 1. The summed E-state index contributed by atoms with van der Waals surface area (Å²) in [5, 5.41) is 12.1. The molecule has 0 aromatic heterocycles. The number of carbonyl (C=O) groups is 2. The Bertz CT molecular complexity index is 947. The molecule has 0 saturated heterocycles. The molecule has 1 atom stereocenters. The fourth-order valence-corrected chi connectivity index (χ4v) is 4.59. The molecule has 158 valence electrons. The molecule has 0 heterocycles. The van der Waals surface area contributed by atoms with Gasteiger partial charge in [-0.15, -0.1) is 0 Å². The highest BCUT2D eigenvalue weighted by Gasteiger charge is 2.50. The van der Waals surface area contributed by atoms with Crippen molar-refractivity contribution in [3.8, 4) is 0 Å². The average molecular weight is 413 g/mol. The first kappa shape index (κ1) is 20.5. The molecule has 4 rings (SSSR count). The van der Waals surface area contributed by atoms with Crippen molar-refractivity contribution in [2.24, 2.45) is 11.3 Å². The molecule has 2 fully saturated rings. The van der Waals surface area contributed by atoms with Crippen LogP contribution in [0.3, 0.4) is 0 Å². The molecule has 0 spiro atoms. The predicted octanol–water partition coefficient (Wildman–Crippen LogP) is 5.28. The Morgan fingerprint density at radius 3 is 2.33 bits per heavy atom. The van der Waals surface area contributed by atoms with Crippen molar-refractivity contribution in [3.63, 3.8) is 0 Å². The molecule has 4 nitrogen and oxygen atoms in total. The minimum Gasteiger partial charge on any atom is -0.481 e. The van der Waals surface area contributed by atoms with Crippen LogP contribution in [0.25, 0.3) is 0 Å². The Morgan fingerprint density at radius 2 is 1.73 bits per heavy atom. The van der Waals surface area contributed by atoms with Crippen LogP contribution in [0, 0.1) is 23.0 Å². The highest BCUT2D eigenvalue weighted by molar-refractivity contribution is 5.96. The number of aliphatic carboxylic acids is 1. The zero-order valence-electron chi connectivity index (χ0n) is 16.7. The van der Waals surface area contributed by atoms with Crippen LogP contribution in [0.4, 0.5) is 14.5 Å². The number of benzene rings is 2. The molecule has 0 aliphatic heterocycles. The lowest BCUT2D eigenvalue weighted by Gasteiger charge is -2.23. The molecular weight excluding hydrogens is 388 g/mol. The van der Waals surface area contributed by atoms with Crippen molar-refractivity contribution in [2.75, 3.05) is 5.32 Å². The number of carbonyl (C=O) groups excluding carboxylic acids is 1. The third-order valence-corrected chi connectivity index (χ3v) is 6.52. The molecule has 1 amide bonds. The highest BCUT2D eigenvalue weighted by Crippen LogP contribution is 2.49. The third kappa shape index (κ3) is 4.23. The fraction of sp³-hybridized carbons (Fsp3) is 0.417. The molecule has 30 heavy (non-hydrogen) atoms. The Morgan fingerprint density at radius 1 is 1.07 bits per heavy atom. The standard InChI is InChI=1S/C24H25F2NO3/c25-18-8-6-17(7-9-18)21(16-3-1-2-4-16)22(28)27-20-13-15(5-10-19(20)26)14-24(11-12-24)23(29)30/h5-10,13,16,21H,1-4,11-12,14H2,(H,27,28)(H,29,30). The quantitative estimate of drug-likeness (QED) is 0.649. The Kier molecular flexibility index (Phi) is 5.58. The normalized spacial score (nSPS) is 18.7. The summed E-state index contributed by atoms with van der Waals surface area (Å²) in [5.41, 5.74) is 0.703. The zero-order chi connectivity index (χ0) is 21.3. The molecule has 2 aliphatic carbocycles. The van der Waals surface area contributed by atoms with Gasteiger partial charge in [-0.2, -0.15) is 0 Å². The fourth-order valence-electron chi connectivity index (χ4n) is 4.59. The summed E-state index contributed by atoms with van der Waals surface area (Å²) in [6.07, 6.45) is 5.41. The molecule has 2 aromatic carbocycles. The summed E-state index contributed by atoms with van der Waals surface area (Å²) in [6, 6.07) is 10.3. The lowest BCUT2D eigenvalue weighted by Crippen LogP contribution is -2.27. The van der Waals surface area contributed by atoms with E-state index < -0.39 is 23.1 Å². The van der Waals surface area contributed by atoms with Crippen LogP contribution >= 0.6 is 0 Å². The van der Waals surface area contributed by atoms with E-state index in [9.17, 15) is 23.5 Å². The zero-order valence-corrected chi connectivity index (χ0v) is 16.7.